The van der Waals surface area contributed by atoms with Crippen LogP contribution in [0.1, 0.15) is 41.0 Å². The molecule has 0 aliphatic carbocycles. The van der Waals surface area contributed by atoms with E-state index in [0.717, 1.165) is 13.0 Å². The minimum absolute atomic E-state index is 0.316. The van der Waals surface area contributed by atoms with Gasteiger partial charge in [-0.3, -0.25) is 0 Å². The summed E-state index contributed by atoms with van der Waals surface area (Å²) in [4.78, 5) is 11.6. The maximum Gasteiger partial charge on any atom is 0.408 e. The van der Waals surface area contributed by atoms with Crippen molar-refractivity contribution < 1.29 is 9.53 Å². The molecule has 0 atom stereocenters. The fraction of sp³-hybridized carbons (Fsp3) is 0.769. The lowest BCUT2D eigenvalue weighted by Gasteiger charge is -2.28. The first-order valence-corrected chi connectivity index (χ1v) is 5.82. The van der Waals surface area contributed by atoms with Crippen LogP contribution in [-0.4, -0.2) is 30.3 Å². The topological polar surface area (TPSA) is 50.4 Å². The zero-order valence-electron chi connectivity index (χ0n) is 11.5. The summed E-state index contributed by atoms with van der Waals surface area (Å²) in [5.41, 5.74) is -0.786. The van der Waals surface area contributed by atoms with E-state index in [0.29, 0.717) is 6.54 Å². The minimum Gasteiger partial charge on any atom is -0.444 e. The Morgan fingerprint density at radius 2 is 1.88 bits per heavy atom. The molecule has 0 heterocycles. The van der Waals surface area contributed by atoms with Gasteiger partial charge in [-0.25, -0.2) is 4.79 Å². The van der Waals surface area contributed by atoms with Gasteiger partial charge in [0.1, 0.15) is 5.60 Å². The Morgan fingerprint density at radius 3 is 2.35 bits per heavy atom. The lowest BCUT2D eigenvalue weighted by Crippen LogP contribution is -2.47. The number of carbonyl (C=O) groups is 1. The molecule has 0 radical (unpaired) electrons. The number of hydrogen-bond acceptors (Lipinski definition) is 3. The molecule has 1 amide bonds. The van der Waals surface area contributed by atoms with Crippen molar-refractivity contribution in [2.45, 2.75) is 52.2 Å². The molecule has 0 spiro atoms. The summed E-state index contributed by atoms with van der Waals surface area (Å²) in [5, 5.41) is 5.92. The van der Waals surface area contributed by atoms with Crippen LogP contribution in [0.25, 0.3) is 0 Å². The Kier molecular flexibility index (Phi) is 6.04. The molecule has 4 nitrogen and oxygen atoms in total. The van der Waals surface area contributed by atoms with Crippen molar-refractivity contribution in [1.29, 1.82) is 0 Å². The molecule has 4 heteroatoms. The molecule has 0 saturated heterocycles. The van der Waals surface area contributed by atoms with Crippen LogP contribution in [0.15, 0.2) is 0 Å². The second-order valence-electron chi connectivity index (χ2n) is 5.64. The van der Waals surface area contributed by atoms with Crippen molar-refractivity contribution in [1.82, 2.24) is 10.6 Å². The molecule has 0 aliphatic rings. The van der Waals surface area contributed by atoms with Gasteiger partial charge in [0.2, 0.25) is 0 Å². The lowest BCUT2D eigenvalue weighted by molar-refractivity contribution is 0.0468. The highest BCUT2D eigenvalue weighted by atomic mass is 16.6. The van der Waals surface area contributed by atoms with Gasteiger partial charge in [0, 0.05) is 5.54 Å². The molecule has 2 N–H and O–H groups in total. The zero-order valence-corrected chi connectivity index (χ0v) is 11.5. The second kappa shape index (κ2) is 6.51. The first kappa shape index (κ1) is 15.8. The van der Waals surface area contributed by atoms with Gasteiger partial charge in [-0.1, -0.05) is 5.92 Å². The third-order valence-electron chi connectivity index (χ3n) is 1.99. The fourth-order valence-electron chi connectivity index (χ4n) is 1.20. The number of rotatable bonds is 5. The predicted octanol–water partition coefficient (Wildman–Crippen LogP) is 1.90. The number of hydrogen-bond donors (Lipinski definition) is 2. The molecule has 0 aliphatic heterocycles. The van der Waals surface area contributed by atoms with Crippen LogP contribution in [0.3, 0.4) is 0 Å². The van der Waals surface area contributed by atoms with Crippen molar-refractivity contribution in [2.24, 2.45) is 0 Å². The van der Waals surface area contributed by atoms with E-state index in [1.165, 1.54) is 0 Å². The standard InChI is InChI=1S/C13H24N2O2/c1-7-9-14-10-8-13(5,6)15-11(16)17-12(2,3)4/h1,14H,8-10H2,2-6H3,(H,15,16). The van der Waals surface area contributed by atoms with Crippen molar-refractivity contribution in [2.75, 3.05) is 13.1 Å². The van der Waals surface area contributed by atoms with Crippen LogP contribution in [0.4, 0.5) is 4.79 Å². The van der Waals surface area contributed by atoms with Gasteiger partial charge in [-0.2, -0.15) is 0 Å². The molecule has 0 bridgehead atoms. The van der Waals surface area contributed by atoms with E-state index in [9.17, 15) is 4.79 Å². The monoisotopic (exact) mass is 240 g/mol. The van der Waals surface area contributed by atoms with Gasteiger partial charge in [0.25, 0.3) is 0 Å². The SMILES string of the molecule is C#CCNCCC(C)(C)NC(=O)OC(C)(C)C. The number of nitrogens with one attached hydrogen (secondary N) is 2. The Labute approximate surface area is 104 Å². The maximum absolute atomic E-state index is 11.6. The lowest BCUT2D eigenvalue weighted by atomic mass is 10.0. The van der Waals surface area contributed by atoms with Crippen LogP contribution >= 0.6 is 0 Å². The average molecular weight is 240 g/mol. The van der Waals surface area contributed by atoms with Crippen molar-refractivity contribution >= 4 is 6.09 Å². The molecule has 0 unspecified atom stereocenters. The number of alkyl carbamates (subject to hydrolysis) is 1. The van der Waals surface area contributed by atoms with E-state index >= 15 is 0 Å². The van der Waals surface area contributed by atoms with Crippen LogP contribution in [-0.2, 0) is 4.74 Å². The average Bonchev–Trinajstić information content (AvgIpc) is 2.08. The molecular weight excluding hydrogens is 216 g/mol. The van der Waals surface area contributed by atoms with Gasteiger partial charge >= 0.3 is 6.09 Å². The Morgan fingerprint density at radius 1 is 1.29 bits per heavy atom. The van der Waals surface area contributed by atoms with Gasteiger partial charge in [0.05, 0.1) is 6.54 Å². The van der Waals surface area contributed by atoms with E-state index < -0.39 is 5.60 Å². The molecule has 17 heavy (non-hydrogen) atoms. The molecule has 0 aromatic rings. The molecule has 98 valence electrons. The normalized spacial score (nSPS) is 11.8. The Balaban J connectivity index is 3.99. The van der Waals surface area contributed by atoms with Gasteiger partial charge in [0.15, 0.2) is 0 Å². The van der Waals surface area contributed by atoms with Crippen molar-refractivity contribution in [3.63, 3.8) is 0 Å². The van der Waals surface area contributed by atoms with Crippen LogP contribution in [0, 0.1) is 12.3 Å². The molecule has 0 saturated carbocycles. The first-order chi connectivity index (χ1) is 7.66. The molecule has 0 rings (SSSR count). The summed E-state index contributed by atoms with van der Waals surface area (Å²) in [5.74, 6) is 2.50. The summed E-state index contributed by atoms with van der Waals surface area (Å²) in [6.07, 6.45) is 5.52. The number of amides is 1. The summed E-state index contributed by atoms with van der Waals surface area (Å²) in [7, 11) is 0. The summed E-state index contributed by atoms with van der Waals surface area (Å²) >= 11 is 0. The van der Waals surface area contributed by atoms with Gasteiger partial charge < -0.3 is 15.4 Å². The van der Waals surface area contributed by atoms with E-state index in [2.05, 4.69) is 16.6 Å². The van der Waals surface area contributed by atoms with E-state index in [1.807, 2.05) is 34.6 Å². The third kappa shape index (κ3) is 9.70. The highest BCUT2D eigenvalue weighted by Gasteiger charge is 2.23. The predicted molar refractivity (Wildman–Crippen MR) is 69.8 cm³/mol. The fourth-order valence-corrected chi connectivity index (χ4v) is 1.20. The molecule has 0 aromatic carbocycles. The number of ether oxygens (including phenoxy) is 1. The van der Waals surface area contributed by atoms with Crippen molar-refractivity contribution in [3.05, 3.63) is 0 Å². The van der Waals surface area contributed by atoms with E-state index in [4.69, 9.17) is 11.2 Å². The smallest absolute Gasteiger partial charge is 0.408 e. The summed E-state index contributed by atoms with van der Waals surface area (Å²) < 4.78 is 5.20. The highest BCUT2D eigenvalue weighted by molar-refractivity contribution is 5.68. The van der Waals surface area contributed by atoms with E-state index in [-0.39, 0.29) is 11.6 Å². The summed E-state index contributed by atoms with van der Waals surface area (Å²) in [6.45, 7) is 10.7. The molecule has 0 fully saturated rings. The van der Waals surface area contributed by atoms with Gasteiger partial charge in [-0.15, -0.1) is 6.42 Å². The largest absolute Gasteiger partial charge is 0.444 e. The number of terminal acetylenes is 1. The van der Waals surface area contributed by atoms with Crippen molar-refractivity contribution in [3.8, 4) is 12.3 Å². The Bertz CT molecular complexity index is 285. The molecular formula is C13H24N2O2. The quantitative estimate of drug-likeness (QED) is 0.570. The third-order valence-corrected chi connectivity index (χ3v) is 1.99. The van der Waals surface area contributed by atoms with Crippen LogP contribution in [0.5, 0.6) is 0 Å². The van der Waals surface area contributed by atoms with Crippen LogP contribution < -0.4 is 10.6 Å². The first-order valence-electron chi connectivity index (χ1n) is 5.82. The molecule has 0 aromatic heterocycles. The van der Waals surface area contributed by atoms with Crippen LogP contribution in [0.2, 0.25) is 0 Å². The second-order valence-corrected chi connectivity index (χ2v) is 5.64. The van der Waals surface area contributed by atoms with Gasteiger partial charge in [-0.05, 0) is 47.6 Å². The van der Waals surface area contributed by atoms with E-state index in [1.54, 1.807) is 0 Å². The minimum atomic E-state index is -0.470. The highest BCUT2D eigenvalue weighted by Crippen LogP contribution is 2.11. The summed E-state index contributed by atoms with van der Waals surface area (Å²) in [6, 6.07) is 0. The Hall–Kier alpha value is -1.21. The maximum atomic E-state index is 11.6. The zero-order chi connectivity index (χ0) is 13.5. The number of carbonyl (C=O) groups excluding carboxylic acids is 1.